The van der Waals surface area contributed by atoms with Gasteiger partial charge >= 0.3 is 0 Å². The number of nitrogens with zero attached hydrogens (tertiary/aromatic N) is 2. The lowest BCUT2D eigenvalue weighted by Crippen LogP contribution is -2.48. The van der Waals surface area contributed by atoms with Gasteiger partial charge in [0.1, 0.15) is 0 Å². The summed E-state index contributed by atoms with van der Waals surface area (Å²) in [6.45, 7) is 2.65. The maximum Gasteiger partial charge on any atom is 0.0961 e. The zero-order valence-corrected chi connectivity index (χ0v) is 12.2. The molecule has 2 aliphatic rings. The average molecular weight is 277 g/mol. The monoisotopic (exact) mass is 277 g/mol. The SMILES string of the molecule is Nc1ccc(SCC2CCCN3CCCCC23)nc1. The summed E-state index contributed by atoms with van der Waals surface area (Å²) >= 11 is 1.90. The molecule has 2 saturated heterocycles. The smallest absolute Gasteiger partial charge is 0.0961 e. The van der Waals surface area contributed by atoms with Gasteiger partial charge in [0.25, 0.3) is 0 Å². The molecule has 0 aliphatic carbocycles. The van der Waals surface area contributed by atoms with E-state index in [4.69, 9.17) is 5.73 Å². The van der Waals surface area contributed by atoms with Gasteiger partial charge in [-0.3, -0.25) is 0 Å². The highest BCUT2D eigenvalue weighted by atomic mass is 32.2. The number of piperidine rings is 2. The first-order chi connectivity index (χ1) is 9.33. The van der Waals surface area contributed by atoms with Crippen molar-refractivity contribution in [2.45, 2.75) is 43.2 Å². The number of nitrogen functional groups attached to an aromatic ring is 1. The van der Waals surface area contributed by atoms with E-state index >= 15 is 0 Å². The summed E-state index contributed by atoms with van der Waals surface area (Å²) in [7, 11) is 0. The molecule has 3 heterocycles. The van der Waals surface area contributed by atoms with E-state index in [1.54, 1.807) is 6.20 Å². The van der Waals surface area contributed by atoms with Crippen LogP contribution in [0.3, 0.4) is 0 Å². The van der Waals surface area contributed by atoms with Gasteiger partial charge in [-0.05, 0) is 56.8 Å². The van der Waals surface area contributed by atoms with Crippen LogP contribution >= 0.6 is 11.8 Å². The summed E-state index contributed by atoms with van der Waals surface area (Å²) in [5.74, 6) is 2.05. The Morgan fingerprint density at radius 3 is 2.95 bits per heavy atom. The van der Waals surface area contributed by atoms with Gasteiger partial charge in [-0.15, -0.1) is 11.8 Å². The Hall–Kier alpha value is -0.740. The van der Waals surface area contributed by atoms with Crippen LogP contribution in [0, 0.1) is 5.92 Å². The number of rotatable bonds is 3. The van der Waals surface area contributed by atoms with Crippen molar-refractivity contribution in [2.24, 2.45) is 5.92 Å². The molecule has 3 nitrogen and oxygen atoms in total. The van der Waals surface area contributed by atoms with Crippen molar-refractivity contribution in [3.05, 3.63) is 18.3 Å². The Bertz CT molecular complexity index is 404. The van der Waals surface area contributed by atoms with Crippen LogP contribution in [-0.4, -0.2) is 34.8 Å². The van der Waals surface area contributed by atoms with E-state index in [0.717, 1.165) is 22.7 Å². The van der Waals surface area contributed by atoms with Crippen molar-refractivity contribution >= 4 is 17.4 Å². The lowest BCUT2D eigenvalue weighted by atomic mass is 9.85. The van der Waals surface area contributed by atoms with Gasteiger partial charge in [0.2, 0.25) is 0 Å². The summed E-state index contributed by atoms with van der Waals surface area (Å²) in [5, 5.41) is 1.11. The lowest BCUT2D eigenvalue weighted by Gasteiger charge is -2.44. The number of hydrogen-bond donors (Lipinski definition) is 1. The quantitative estimate of drug-likeness (QED) is 0.862. The summed E-state index contributed by atoms with van der Waals surface area (Å²) in [6.07, 6.45) is 8.74. The molecule has 2 N–H and O–H groups in total. The van der Waals surface area contributed by atoms with Crippen molar-refractivity contribution in [1.29, 1.82) is 0 Å². The molecule has 0 radical (unpaired) electrons. The topological polar surface area (TPSA) is 42.1 Å². The van der Waals surface area contributed by atoms with Crippen LogP contribution in [0.2, 0.25) is 0 Å². The number of thioether (sulfide) groups is 1. The minimum atomic E-state index is 0.750. The maximum atomic E-state index is 5.67. The number of hydrogen-bond acceptors (Lipinski definition) is 4. The first kappa shape index (κ1) is 13.3. The molecular weight excluding hydrogens is 254 g/mol. The second-order valence-electron chi connectivity index (χ2n) is 5.74. The van der Waals surface area contributed by atoms with E-state index in [1.165, 1.54) is 50.9 Å². The summed E-state index contributed by atoms with van der Waals surface area (Å²) in [6, 6.07) is 4.83. The zero-order valence-electron chi connectivity index (χ0n) is 11.4. The van der Waals surface area contributed by atoms with Crippen molar-refractivity contribution in [3.63, 3.8) is 0 Å². The molecule has 0 saturated carbocycles. The first-order valence-electron chi connectivity index (χ1n) is 7.41. The number of pyridine rings is 1. The van der Waals surface area contributed by atoms with Crippen LogP contribution in [-0.2, 0) is 0 Å². The molecule has 0 bridgehead atoms. The highest BCUT2D eigenvalue weighted by Crippen LogP contribution is 2.34. The molecule has 2 aliphatic heterocycles. The van der Waals surface area contributed by atoms with Gasteiger partial charge in [-0.2, -0.15) is 0 Å². The predicted octanol–water partition coefficient (Wildman–Crippen LogP) is 3.02. The Balaban J connectivity index is 1.57. The normalized spacial score (nSPS) is 28.0. The lowest BCUT2D eigenvalue weighted by molar-refractivity contribution is 0.0693. The molecular formula is C15H23N3S. The average Bonchev–Trinajstić information content (AvgIpc) is 2.47. The highest BCUT2D eigenvalue weighted by molar-refractivity contribution is 7.99. The largest absolute Gasteiger partial charge is 0.397 e. The van der Waals surface area contributed by atoms with E-state index in [9.17, 15) is 0 Å². The molecule has 1 aromatic rings. The molecule has 3 rings (SSSR count). The third-order valence-electron chi connectivity index (χ3n) is 4.43. The Kier molecular flexibility index (Phi) is 4.28. The molecule has 2 atom stereocenters. The minimum Gasteiger partial charge on any atom is -0.397 e. The third-order valence-corrected chi connectivity index (χ3v) is 5.57. The summed E-state index contributed by atoms with van der Waals surface area (Å²) in [4.78, 5) is 7.12. The van der Waals surface area contributed by atoms with Gasteiger partial charge in [-0.1, -0.05) is 6.42 Å². The second kappa shape index (κ2) is 6.14. The van der Waals surface area contributed by atoms with Crippen molar-refractivity contribution < 1.29 is 0 Å². The van der Waals surface area contributed by atoms with Gasteiger partial charge in [0, 0.05) is 11.8 Å². The fraction of sp³-hybridized carbons (Fsp3) is 0.667. The minimum absolute atomic E-state index is 0.750. The third kappa shape index (κ3) is 3.23. The molecule has 19 heavy (non-hydrogen) atoms. The molecule has 0 amide bonds. The van der Waals surface area contributed by atoms with Crippen molar-refractivity contribution in [2.75, 3.05) is 24.6 Å². The van der Waals surface area contributed by atoms with Gasteiger partial charge in [-0.25, -0.2) is 4.98 Å². The number of anilines is 1. The molecule has 1 aromatic heterocycles. The zero-order chi connectivity index (χ0) is 13.1. The van der Waals surface area contributed by atoms with Crippen LogP contribution in [0.1, 0.15) is 32.1 Å². The summed E-state index contributed by atoms with van der Waals surface area (Å²) < 4.78 is 0. The van der Waals surface area contributed by atoms with Gasteiger partial charge in [0.15, 0.2) is 0 Å². The number of fused-ring (bicyclic) bond motifs is 1. The molecule has 2 unspecified atom stereocenters. The first-order valence-corrected chi connectivity index (χ1v) is 8.40. The van der Waals surface area contributed by atoms with Crippen molar-refractivity contribution in [1.82, 2.24) is 9.88 Å². The standard InChI is InChI=1S/C15H23N3S/c16-13-6-7-15(17-10-13)19-11-12-4-3-9-18-8-2-1-5-14(12)18/h6-7,10,12,14H,1-5,8-9,11,16H2. The van der Waals surface area contributed by atoms with Crippen LogP contribution in [0.4, 0.5) is 5.69 Å². The molecule has 104 valence electrons. The molecule has 4 heteroatoms. The van der Waals surface area contributed by atoms with Crippen LogP contribution < -0.4 is 5.73 Å². The van der Waals surface area contributed by atoms with Crippen molar-refractivity contribution in [3.8, 4) is 0 Å². The van der Waals surface area contributed by atoms with Gasteiger partial charge < -0.3 is 10.6 Å². The number of aromatic nitrogens is 1. The van der Waals surface area contributed by atoms with Crippen LogP contribution in [0.15, 0.2) is 23.4 Å². The molecule has 0 spiro atoms. The molecule has 2 fully saturated rings. The van der Waals surface area contributed by atoms with E-state index in [-0.39, 0.29) is 0 Å². The fourth-order valence-electron chi connectivity index (χ4n) is 3.44. The van der Waals surface area contributed by atoms with E-state index in [0.29, 0.717) is 0 Å². The highest BCUT2D eigenvalue weighted by Gasteiger charge is 2.32. The number of nitrogens with two attached hydrogens (primary N) is 1. The molecule has 0 aromatic carbocycles. The van der Waals surface area contributed by atoms with E-state index < -0.39 is 0 Å². The Morgan fingerprint density at radius 2 is 2.11 bits per heavy atom. The summed E-state index contributed by atoms with van der Waals surface area (Å²) in [5.41, 5.74) is 6.43. The van der Waals surface area contributed by atoms with Gasteiger partial charge in [0.05, 0.1) is 16.9 Å². The second-order valence-corrected chi connectivity index (χ2v) is 6.78. The maximum absolute atomic E-state index is 5.67. The Labute approximate surface area is 120 Å². The fourth-order valence-corrected chi connectivity index (χ4v) is 4.51. The van der Waals surface area contributed by atoms with Crippen LogP contribution in [0.25, 0.3) is 0 Å². The predicted molar refractivity (Wildman–Crippen MR) is 81.3 cm³/mol. The van der Waals surface area contributed by atoms with E-state index in [1.807, 2.05) is 23.9 Å². The Morgan fingerprint density at radius 1 is 1.21 bits per heavy atom. The van der Waals surface area contributed by atoms with Crippen LogP contribution in [0.5, 0.6) is 0 Å². The van der Waals surface area contributed by atoms with E-state index in [2.05, 4.69) is 9.88 Å².